The van der Waals surface area contributed by atoms with Gasteiger partial charge in [0.2, 0.25) is 0 Å². The molecule has 100 valence electrons. The van der Waals surface area contributed by atoms with Gasteiger partial charge in [0.15, 0.2) is 0 Å². The molecule has 1 N–H and O–H groups in total. The van der Waals surface area contributed by atoms with Gasteiger partial charge in [-0.1, -0.05) is 25.1 Å². The summed E-state index contributed by atoms with van der Waals surface area (Å²) in [5.41, 5.74) is 0. The fraction of sp³-hybridized carbons (Fsp3) is 0.625. The Hall–Kier alpha value is -0.470. The lowest BCUT2D eigenvalue weighted by Gasteiger charge is -2.37. The molecule has 1 aromatic rings. The second-order valence-electron chi connectivity index (χ2n) is 5.25. The Balaban J connectivity index is 1.59. The van der Waals surface area contributed by atoms with E-state index in [2.05, 4.69) is 42.6 Å². The van der Waals surface area contributed by atoms with Crippen LogP contribution in [0.2, 0.25) is 0 Å². The van der Waals surface area contributed by atoms with Gasteiger partial charge in [-0.05, 0) is 68.5 Å². The van der Waals surface area contributed by atoms with Crippen LogP contribution < -0.4 is 5.32 Å². The summed E-state index contributed by atoms with van der Waals surface area (Å²) in [5, 5.41) is 3.57. The van der Waals surface area contributed by atoms with E-state index in [-0.39, 0.29) is 0 Å². The van der Waals surface area contributed by atoms with Gasteiger partial charge in [-0.25, -0.2) is 0 Å². The number of benzene rings is 1. The molecular formula is C16H25NS. The second-order valence-corrected chi connectivity index (χ2v) is 6.42. The first-order valence-corrected chi connectivity index (χ1v) is 8.27. The van der Waals surface area contributed by atoms with Gasteiger partial charge >= 0.3 is 0 Å². The van der Waals surface area contributed by atoms with Gasteiger partial charge in [0.25, 0.3) is 0 Å². The molecule has 2 rings (SSSR count). The van der Waals surface area contributed by atoms with Crippen molar-refractivity contribution in [3.05, 3.63) is 30.3 Å². The van der Waals surface area contributed by atoms with E-state index in [4.69, 9.17) is 0 Å². The lowest BCUT2D eigenvalue weighted by atomic mass is 9.72. The average molecular weight is 263 g/mol. The first-order valence-electron chi connectivity index (χ1n) is 7.28. The number of hydrogen-bond donors (Lipinski definition) is 1. The van der Waals surface area contributed by atoms with Gasteiger partial charge in [0.05, 0.1) is 0 Å². The van der Waals surface area contributed by atoms with Crippen molar-refractivity contribution in [2.75, 3.05) is 18.8 Å². The molecule has 2 atom stereocenters. The smallest absolute Gasteiger partial charge is 0.00719 e. The van der Waals surface area contributed by atoms with Crippen molar-refractivity contribution in [3.8, 4) is 0 Å². The van der Waals surface area contributed by atoms with Gasteiger partial charge in [-0.3, -0.25) is 0 Å². The van der Waals surface area contributed by atoms with Crippen molar-refractivity contribution < 1.29 is 0 Å². The summed E-state index contributed by atoms with van der Waals surface area (Å²) in [5.74, 6) is 3.21. The van der Waals surface area contributed by atoms with Crippen LogP contribution in [-0.2, 0) is 0 Å². The summed E-state index contributed by atoms with van der Waals surface area (Å²) in [6.45, 7) is 4.66. The Morgan fingerprint density at radius 1 is 1.17 bits per heavy atom. The topological polar surface area (TPSA) is 12.0 Å². The summed E-state index contributed by atoms with van der Waals surface area (Å²) >= 11 is 2.01. The van der Waals surface area contributed by atoms with Crippen LogP contribution in [0.15, 0.2) is 35.2 Å². The molecule has 1 fully saturated rings. The molecule has 2 heteroatoms. The quantitative estimate of drug-likeness (QED) is 0.557. The van der Waals surface area contributed by atoms with Crippen molar-refractivity contribution >= 4 is 11.8 Å². The van der Waals surface area contributed by atoms with Crippen LogP contribution >= 0.6 is 11.8 Å². The van der Waals surface area contributed by atoms with Gasteiger partial charge in [-0.2, -0.15) is 0 Å². The maximum Gasteiger partial charge on any atom is 0.00719 e. The summed E-state index contributed by atoms with van der Waals surface area (Å²) in [6.07, 6.45) is 5.53. The third-order valence-electron chi connectivity index (χ3n) is 3.91. The minimum atomic E-state index is 0.952. The highest BCUT2D eigenvalue weighted by Crippen LogP contribution is 2.37. The standard InChI is InChI=1S/C16H25NS/c1-2-11-17-13-15-9-8-14(15)10-12-18-16-6-4-3-5-7-16/h3-7,14-15,17H,2,8-13H2,1H3. The molecule has 0 saturated heterocycles. The number of rotatable bonds is 8. The maximum atomic E-state index is 3.57. The van der Waals surface area contributed by atoms with E-state index in [0.717, 1.165) is 11.8 Å². The normalized spacial score (nSPS) is 22.7. The van der Waals surface area contributed by atoms with E-state index in [1.807, 2.05) is 11.8 Å². The Morgan fingerprint density at radius 2 is 1.94 bits per heavy atom. The number of nitrogens with one attached hydrogen (secondary N) is 1. The van der Waals surface area contributed by atoms with E-state index in [9.17, 15) is 0 Å². The molecule has 1 nitrogen and oxygen atoms in total. The van der Waals surface area contributed by atoms with Gasteiger partial charge in [-0.15, -0.1) is 11.8 Å². The van der Waals surface area contributed by atoms with Crippen molar-refractivity contribution in [2.24, 2.45) is 11.8 Å². The number of thioether (sulfide) groups is 1. The van der Waals surface area contributed by atoms with E-state index in [1.54, 1.807) is 0 Å². The lowest BCUT2D eigenvalue weighted by Crippen LogP contribution is -2.35. The van der Waals surface area contributed by atoms with Crippen LogP contribution in [0.5, 0.6) is 0 Å². The maximum absolute atomic E-state index is 3.57. The number of hydrogen-bond acceptors (Lipinski definition) is 2. The van der Waals surface area contributed by atoms with Crippen LogP contribution in [0.1, 0.15) is 32.6 Å². The molecule has 0 spiro atoms. The highest BCUT2D eigenvalue weighted by Gasteiger charge is 2.29. The molecule has 0 amide bonds. The minimum Gasteiger partial charge on any atom is -0.316 e. The minimum absolute atomic E-state index is 0.952. The van der Waals surface area contributed by atoms with E-state index >= 15 is 0 Å². The molecule has 2 unspecified atom stereocenters. The van der Waals surface area contributed by atoms with Gasteiger partial charge in [0, 0.05) is 4.90 Å². The van der Waals surface area contributed by atoms with E-state index < -0.39 is 0 Å². The van der Waals surface area contributed by atoms with E-state index in [1.165, 1.54) is 49.4 Å². The van der Waals surface area contributed by atoms with Crippen LogP contribution in [0, 0.1) is 11.8 Å². The van der Waals surface area contributed by atoms with Crippen LogP contribution in [-0.4, -0.2) is 18.8 Å². The third kappa shape index (κ3) is 4.33. The zero-order valence-electron chi connectivity index (χ0n) is 11.4. The molecule has 1 aliphatic carbocycles. The van der Waals surface area contributed by atoms with Crippen molar-refractivity contribution in [1.82, 2.24) is 5.32 Å². The molecule has 1 aliphatic rings. The zero-order chi connectivity index (χ0) is 12.6. The Labute approximate surface area is 116 Å². The average Bonchev–Trinajstić information content (AvgIpc) is 2.39. The van der Waals surface area contributed by atoms with Crippen LogP contribution in [0.4, 0.5) is 0 Å². The summed E-state index contributed by atoms with van der Waals surface area (Å²) in [7, 11) is 0. The van der Waals surface area contributed by atoms with Crippen molar-refractivity contribution in [1.29, 1.82) is 0 Å². The first kappa shape index (κ1) is 14.0. The molecular weight excluding hydrogens is 238 g/mol. The Kier molecular flexibility index (Phi) is 6.09. The summed E-state index contributed by atoms with van der Waals surface area (Å²) < 4.78 is 0. The monoisotopic (exact) mass is 263 g/mol. The Morgan fingerprint density at radius 3 is 2.61 bits per heavy atom. The molecule has 1 aromatic carbocycles. The zero-order valence-corrected chi connectivity index (χ0v) is 12.2. The highest BCUT2D eigenvalue weighted by atomic mass is 32.2. The first-order chi connectivity index (χ1) is 8.90. The fourth-order valence-corrected chi connectivity index (χ4v) is 3.60. The molecule has 0 bridgehead atoms. The van der Waals surface area contributed by atoms with Crippen molar-refractivity contribution in [2.45, 2.75) is 37.5 Å². The van der Waals surface area contributed by atoms with Gasteiger partial charge in [0.1, 0.15) is 0 Å². The summed E-state index contributed by atoms with van der Waals surface area (Å²) in [6, 6.07) is 10.8. The molecule has 0 radical (unpaired) electrons. The molecule has 0 aromatic heterocycles. The summed E-state index contributed by atoms with van der Waals surface area (Å²) in [4.78, 5) is 1.41. The van der Waals surface area contributed by atoms with Crippen LogP contribution in [0.25, 0.3) is 0 Å². The SMILES string of the molecule is CCCNCC1CCC1CCSc1ccccc1. The molecule has 18 heavy (non-hydrogen) atoms. The van der Waals surface area contributed by atoms with E-state index in [0.29, 0.717) is 0 Å². The van der Waals surface area contributed by atoms with Crippen LogP contribution in [0.3, 0.4) is 0 Å². The molecule has 1 saturated carbocycles. The third-order valence-corrected chi connectivity index (χ3v) is 4.95. The Bertz CT molecular complexity index is 325. The predicted octanol–water partition coefficient (Wildman–Crippen LogP) is 4.19. The largest absolute Gasteiger partial charge is 0.316 e. The van der Waals surface area contributed by atoms with Gasteiger partial charge < -0.3 is 5.32 Å². The molecule has 0 heterocycles. The lowest BCUT2D eigenvalue weighted by molar-refractivity contribution is 0.168. The predicted molar refractivity (Wildman–Crippen MR) is 81.2 cm³/mol. The van der Waals surface area contributed by atoms with Crippen molar-refractivity contribution in [3.63, 3.8) is 0 Å². The fourth-order valence-electron chi connectivity index (χ4n) is 2.60. The molecule has 0 aliphatic heterocycles. The highest BCUT2D eigenvalue weighted by molar-refractivity contribution is 7.99. The second kappa shape index (κ2) is 7.85.